The van der Waals surface area contributed by atoms with Crippen LogP contribution in [0.2, 0.25) is 0 Å². The highest BCUT2D eigenvalue weighted by molar-refractivity contribution is 7.89. The molecule has 0 aliphatic rings. The lowest BCUT2D eigenvalue weighted by Crippen LogP contribution is -2.25. The average molecular weight is 485 g/mol. The van der Waals surface area contributed by atoms with Gasteiger partial charge in [0, 0.05) is 24.7 Å². The number of rotatable bonds is 7. The molecule has 176 valence electrons. The highest BCUT2D eigenvalue weighted by atomic mass is 32.2. The Labute approximate surface area is 178 Å². The lowest BCUT2D eigenvalue weighted by molar-refractivity contribution is -0.385. The van der Waals surface area contributed by atoms with Crippen molar-refractivity contribution in [2.75, 3.05) is 6.54 Å². The van der Waals surface area contributed by atoms with Crippen molar-refractivity contribution in [3.8, 4) is 0 Å². The number of non-ortho nitro benzene ring substituents is 1. The number of nitro benzene ring substituents is 1. The molecule has 14 heteroatoms. The zero-order valence-corrected chi connectivity index (χ0v) is 17.1. The molecule has 2 aromatic rings. The summed E-state index contributed by atoms with van der Waals surface area (Å²) in [6.07, 6.45) is -11.1. The lowest BCUT2D eigenvalue weighted by Gasteiger charge is -2.20. The van der Waals surface area contributed by atoms with Gasteiger partial charge in [0.15, 0.2) is 0 Å². The van der Waals surface area contributed by atoms with Crippen LogP contribution in [-0.2, 0) is 28.8 Å². The Kier molecular flexibility index (Phi) is 7.21. The summed E-state index contributed by atoms with van der Waals surface area (Å²) in [7, 11) is -4.13. The van der Waals surface area contributed by atoms with Crippen molar-refractivity contribution >= 4 is 15.7 Å². The van der Waals surface area contributed by atoms with Crippen molar-refractivity contribution in [1.29, 1.82) is 0 Å². The first kappa shape index (κ1) is 25.5. The number of alkyl halides is 6. The molecule has 0 saturated carbocycles. The van der Waals surface area contributed by atoms with Gasteiger partial charge in [0.25, 0.3) is 5.69 Å². The molecular weight excluding hydrogens is 468 g/mol. The van der Waals surface area contributed by atoms with Gasteiger partial charge in [-0.15, -0.1) is 0 Å². The Morgan fingerprint density at radius 1 is 1.03 bits per heavy atom. The molecule has 0 unspecified atom stereocenters. The number of halogens is 6. The summed E-state index contributed by atoms with van der Waals surface area (Å²) in [5.41, 5.74) is 1.00. The Balaban J connectivity index is 2.56. The van der Waals surface area contributed by atoms with Gasteiger partial charge < -0.3 is 5.73 Å². The van der Waals surface area contributed by atoms with E-state index in [1.165, 1.54) is 6.92 Å². The number of nitrogens with zero attached hydrogens (tertiary/aromatic N) is 1. The molecule has 0 spiro atoms. The van der Waals surface area contributed by atoms with E-state index >= 15 is 0 Å². The van der Waals surface area contributed by atoms with Crippen molar-refractivity contribution in [3.63, 3.8) is 0 Å². The Bertz CT molecular complexity index is 1120. The molecule has 0 amide bonds. The van der Waals surface area contributed by atoms with Crippen molar-refractivity contribution in [3.05, 3.63) is 68.8 Å². The molecule has 0 radical (unpaired) electrons. The second kappa shape index (κ2) is 9.03. The first-order valence-electron chi connectivity index (χ1n) is 8.88. The Morgan fingerprint density at radius 3 is 2.12 bits per heavy atom. The number of nitro groups is 1. The number of benzene rings is 2. The summed E-state index contributed by atoms with van der Waals surface area (Å²) >= 11 is 0. The van der Waals surface area contributed by atoms with Gasteiger partial charge in [0.2, 0.25) is 10.0 Å². The Morgan fingerprint density at radius 2 is 1.62 bits per heavy atom. The van der Waals surface area contributed by atoms with E-state index in [-0.39, 0.29) is 34.7 Å². The van der Waals surface area contributed by atoms with Gasteiger partial charge in [0.05, 0.1) is 20.9 Å². The number of hydrogen-bond acceptors (Lipinski definition) is 5. The normalized spacial score (nSPS) is 13.8. The van der Waals surface area contributed by atoms with Crippen LogP contribution in [0.4, 0.5) is 32.0 Å². The fourth-order valence-corrected chi connectivity index (χ4v) is 4.27. The van der Waals surface area contributed by atoms with E-state index in [9.17, 15) is 44.9 Å². The average Bonchev–Trinajstić information content (AvgIpc) is 2.65. The molecule has 2 aromatic carbocycles. The Hall–Kier alpha value is -2.71. The van der Waals surface area contributed by atoms with Gasteiger partial charge in [-0.25, -0.2) is 13.1 Å². The first-order valence-corrected chi connectivity index (χ1v) is 10.4. The summed E-state index contributed by atoms with van der Waals surface area (Å²) < 4.78 is 105. The van der Waals surface area contributed by atoms with E-state index in [4.69, 9.17) is 5.73 Å². The summed E-state index contributed by atoms with van der Waals surface area (Å²) in [5.74, 6) is 0. The van der Waals surface area contributed by atoms with Crippen LogP contribution < -0.4 is 10.5 Å². The van der Waals surface area contributed by atoms with E-state index in [1.807, 2.05) is 0 Å². The SMILES string of the molecule is CCNS(=O)(=O)c1ccc([N+](=O)[O-])cc1C[C@H](N)c1ccc(C(F)(F)F)c(C(F)(F)F)c1. The maximum Gasteiger partial charge on any atom is 0.417 e. The minimum absolute atomic E-state index is 0.0152. The molecule has 0 heterocycles. The maximum absolute atomic E-state index is 13.2. The molecule has 32 heavy (non-hydrogen) atoms. The summed E-state index contributed by atoms with van der Waals surface area (Å²) in [5, 5.41) is 11.1. The van der Waals surface area contributed by atoms with Crippen LogP contribution in [0.15, 0.2) is 41.3 Å². The minimum Gasteiger partial charge on any atom is -0.324 e. The highest BCUT2D eigenvalue weighted by Crippen LogP contribution is 2.41. The van der Waals surface area contributed by atoms with Gasteiger partial charge in [-0.05, 0) is 35.7 Å². The largest absolute Gasteiger partial charge is 0.417 e. The quantitative estimate of drug-likeness (QED) is 0.347. The molecule has 7 nitrogen and oxygen atoms in total. The monoisotopic (exact) mass is 485 g/mol. The zero-order chi connectivity index (χ0) is 24.5. The lowest BCUT2D eigenvalue weighted by atomic mass is 9.95. The van der Waals surface area contributed by atoms with Crippen LogP contribution >= 0.6 is 0 Å². The molecule has 0 aliphatic heterocycles. The molecule has 1 atom stereocenters. The molecule has 0 aromatic heterocycles. The molecular formula is C18H17F6N3O4S. The number of nitrogens with one attached hydrogen (secondary N) is 1. The predicted molar refractivity (Wildman–Crippen MR) is 101 cm³/mol. The van der Waals surface area contributed by atoms with Crippen molar-refractivity contribution in [2.24, 2.45) is 5.73 Å². The predicted octanol–water partition coefficient (Wildman–Crippen LogP) is 4.17. The van der Waals surface area contributed by atoms with Crippen molar-refractivity contribution in [1.82, 2.24) is 4.72 Å². The molecule has 0 fully saturated rings. The molecule has 2 rings (SSSR count). The number of hydrogen-bond donors (Lipinski definition) is 2. The van der Waals surface area contributed by atoms with E-state index in [0.717, 1.165) is 24.3 Å². The van der Waals surface area contributed by atoms with Crippen molar-refractivity contribution < 1.29 is 39.7 Å². The van der Waals surface area contributed by atoms with Crippen molar-refractivity contribution in [2.45, 2.75) is 36.6 Å². The van der Waals surface area contributed by atoms with Gasteiger partial charge in [-0.3, -0.25) is 10.1 Å². The van der Waals surface area contributed by atoms with Crippen LogP contribution in [0.3, 0.4) is 0 Å². The standard InChI is InChI=1S/C18H17F6N3O4S/c1-2-26-32(30,31)16-6-4-12(27(28)29)7-11(16)9-15(25)10-3-5-13(17(19,20)21)14(8-10)18(22,23)24/h3-8,15,26H,2,9,25H2,1H3/t15-/m0/s1. The van der Waals surface area contributed by atoms with Crippen LogP contribution in [0, 0.1) is 10.1 Å². The molecule has 3 N–H and O–H groups in total. The maximum atomic E-state index is 13.2. The topological polar surface area (TPSA) is 115 Å². The summed E-state index contributed by atoms with van der Waals surface area (Å²) in [4.78, 5) is 9.87. The first-order chi connectivity index (χ1) is 14.6. The third-order valence-corrected chi connectivity index (χ3v) is 6.05. The molecule has 0 bridgehead atoms. The summed E-state index contributed by atoms with van der Waals surface area (Å²) in [6, 6.07) is 2.61. The van der Waals surface area contributed by atoms with E-state index in [1.54, 1.807) is 0 Å². The van der Waals surface area contributed by atoms with Gasteiger partial charge in [-0.2, -0.15) is 26.3 Å². The third-order valence-electron chi connectivity index (χ3n) is 4.40. The van der Waals surface area contributed by atoms with Crippen LogP contribution in [0.5, 0.6) is 0 Å². The van der Waals surface area contributed by atoms with Crippen LogP contribution in [0.25, 0.3) is 0 Å². The second-order valence-electron chi connectivity index (χ2n) is 6.66. The number of sulfonamides is 1. The smallest absolute Gasteiger partial charge is 0.324 e. The minimum atomic E-state index is -5.33. The molecule has 0 aliphatic carbocycles. The fourth-order valence-electron chi connectivity index (χ4n) is 3.00. The van der Waals surface area contributed by atoms with Crippen LogP contribution in [0.1, 0.15) is 35.2 Å². The van der Waals surface area contributed by atoms with E-state index in [0.29, 0.717) is 0 Å². The fraction of sp³-hybridized carbons (Fsp3) is 0.333. The highest BCUT2D eigenvalue weighted by Gasteiger charge is 2.43. The van der Waals surface area contributed by atoms with Gasteiger partial charge >= 0.3 is 12.4 Å². The zero-order valence-electron chi connectivity index (χ0n) is 16.3. The molecule has 0 saturated heterocycles. The van der Waals surface area contributed by atoms with Crippen LogP contribution in [-0.4, -0.2) is 19.9 Å². The van der Waals surface area contributed by atoms with Gasteiger partial charge in [-0.1, -0.05) is 13.0 Å². The third kappa shape index (κ3) is 5.75. The second-order valence-corrected chi connectivity index (χ2v) is 8.40. The van der Waals surface area contributed by atoms with E-state index in [2.05, 4.69) is 4.72 Å². The summed E-state index contributed by atoms with van der Waals surface area (Å²) in [6.45, 7) is 1.47. The number of nitrogens with two attached hydrogens (primary N) is 1. The van der Waals surface area contributed by atoms with E-state index < -0.39 is 56.6 Å². The van der Waals surface area contributed by atoms with Gasteiger partial charge in [0.1, 0.15) is 0 Å².